The van der Waals surface area contributed by atoms with Gasteiger partial charge in [0.2, 0.25) is 0 Å². The molecule has 0 saturated carbocycles. The van der Waals surface area contributed by atoms with Crippen LogP contribution in [0.2, 0.25) is 0 Å². The molecule has 0 atom stereocenters. The lowest BCUT2D eigenvalue weighted by molar-refractivity contribution is -0.113. The number of thiocarbonyl (C=S) groups is 1. The van der Waals surface area contributed by atoms with Crippen molar-refractivity contribution in [3.05, 3.63) is 89.1 Å². The van der Waals surface area contributed by atoms with Gasteiger partial charge in [0.25, 0.3) is 5.91 Å². The Balaban J connectivity index is 1.56. The van der Waals surface area contributed by atoms with E-state index in [1.807, 2.05) is 60.7 Å². The summed E-state index contributed by atoms with van der Waals surface area (Å²) in [6, 6.07) is 20.5. The number of amides is 1. The molecule has 3 aromatic rings. The Morgan fingerprint density at radius 2 is 1.83 bits per heavy atom. The lowest BCUT2D eigenvalue weighted by Gasteiger charge is -2.14. The third-order valence-electron chi connectivity index (χ3n) is 4.43. The molecule has 0 aliphatic carbocycles. The number of benzene rings is 2. The SMILES string of the molecule is COc1ccc(N2C(=O)C(=Cc3ccccc3OCc3ccccn3)SC2=S)cc1. The van der Waals surface area contributed by atoms with Gasteiger partial charge >= 0.3 is 0 Å². The van der Waals surface area contributed by atoms with Crippen LogP contribution in [0.25, 0.3) is 6.08 Å². The fourth-order valence-corrected chi connectivity index (χ4v) is 4.22. The number of para-hydroxylation sites is 1. The molecule has 2 aromatic carbocycles. The van der Waals surface area contributed by atoms with Gasteiger partial charge in [-0.3, -0.25) is 14.7 Å². The summed E-state index contributed by atoms with van der Waals surface area (Å²) in [5.41, 5.74) is 2.35. The maximum atomic E-state index is 13.0. The highest BCUT2D eigenvalue weighted by atomic mass is 32.2. The highest BCUT2D eigenvalue weighted by Crippen LogP contribution is 2.37. The van der Waals surface area contributed by atoms with Gasteiger partial charge in [0.05, 0.1) is 23.4 Å². The molecule has 1 saturated heterocycles. The summed E-state index contributed by atoms with van der Waals surface area (Å²) in [5, 5.41) is 0. The van der Waals surface area contributed by atoms with Gasteiger partial charge in [-0.25, -0.2) is 0 Å². The number of aromatic nitrogens is 1. The second kappa shape index (κ2) is 9.11. The topological polar surface area (TPSA) is 51.7 Å². The number of carbonyl (C=O) groups is 1. The molecule has 150 valence electrons. The number of rotatable bonds is 6. The minimum Gasteiger partial charge on any atom is -0.497 e. The van der Waals surface area contributed by atoms with Crippen molar-refractivity contribution in [1.82, 2.24) is 4.98 Å². The molecule has 4 rings (SSSR count). The second-order valence-corrected chi connectivity index (χ2v) is 8.04. The van der Waals surface area contributed by atoms with Crippen LogP contribution >= 0.6 is 24.0 Å². The second-order valence-electron chi connectivity index (χ2n) is 6.36. The Morgan fingerprint density at radius 3 is 2.57 bits per heavy atom. The number of carbonyl (C=O) groups excluding carboxylic acids is 1. The van der Waals surface area contributed by atoms with Crippen LogP contribution < -0.4 is 14.4 Å². The molecule has 0 unspecified atom stereocenters. The summed E-state index contributed by atoms with van der Waals surface area (Å²) in [4.78, 5) is 19.4. The van der Waals surface area contributed by atoms with Gasteiger partial charge in [0.1, 0.15) is 18.1 Å². The van der Waals surface area contributed by atoms with Gasteiger partial charge in [0, 0.05) is 11.8 Å². The van der Waals surface area contributed by atoms with Crippen molar-refractivity contribution in [1.29, 1.82) is 0 Å². The number of thioether (sulfide) groups is 1. The Hall–Kier alpha value is -3.16. The summed E-state index contributed by atoms with van der Waals surface area (Å²) >= 11 is 6.73. The number of pyridine rings is 1. The van der Waals surface area contributed by atoms with Gasteiger partial charge in [0.15, 0.2) is 4.32 Å². The van der Waals surface area contributed by atoms with Gasteiger partial charge in [-0.1, -0.05) is 48.2 Å². The van der Waals surface area contributed by atoms with Crippen LogP contribution in [0.4, 0.5) is 5.69 Å². The zero-order valence-electron chi connectivity index (χ0n) is 16.1. The van der Waals surface area contributed by atoms with Gasteiger partial charge < -0.3 is 9.47 Å². The van der Waals surface area contributed by atoms with E-state index in [2.05, 4.69) is 4.98 Å². The molecule has 30 heavy (non-hydrogen) atoms. The number of ether oxygens (including phenoxy) is 2. The Labute approximate surface area is 184 Å². The summed E-state index contributed by atoms with van der Waals surface area (Å²) < 4.78 is 11.6. The standard InChI is InChI=1S/C23H18N2O3S2/c1-27-19-11-9-18(10-12-19)25-22(26)21(30-23(25)29)14-16-6-2-3-8-20(16)28-15-17-7-4-5-13-24-17/h2-14H,15H2,1H3. The fraction of sp³-hybridized carbons (Fsp3) is 0.0870. The predicted molar refractivity (Wildman–Crippen MR) is 124 cm³/mol. The molecule has 1 aromatic heterocycles. The van der Waals surface area contributed by atoms with Crippen molar-refractivity contribution in [2.45, 2.75) is 6.61 Å². The molecule has 1 aliphatic rings. The Kier molecular flexibility index (Phi) is 6.11. The van der Waals surface area contributed by atoms with Crippen LogP contribution in [0.1, 0.15) is 11.3 Å². The molecule has 2 heterocycles. The smallest absolute Gasteiger partial charge is 0.270 e. The largest absolute Gasteiger partial charge is 0.497 e. The molecule has 0 radical (unpaired) electrons. The van der Waals surface area contributed by atoms with Crippen molar-refractivity contribution in [3.63, 3.8) is 0 Å². The third kappa shape index (κ3) is 4.37. The van der Waals surface area contributed by atoms with E-state index in [0.29, 0.717) is 27.3 Å². The average molecular weight is 435 g/mol. The first-order valence-electron chi connectivity index (χ1n) is 9.19. The first-order chi connectivity index (χ1) is 14.7. The maximum Gasteiger partial charge on any atom is 0.270 e. The molecule has 1 fully saturated rings. The predicted octanol–water partition coefficient (Wildman–Crippen LogP) is 5.08. The van der Waals surface area contributed by atoms with Crippen LogP contribution in [0.15, 0.2) is 77.8 Å². The number of hydrogen-bond donors (Lipinski definition) is 0. The highest BCUT2D eigenvalue weighted by molar-refractivity contribution is 8.27. The quantitative estimate of drug-likeness (QED) is 0.399. The number of nitrogens with zero attached hydrogens (tertiary/aromatic N) is 2. The lowest BCUT2D eigenvalue weighted by atomic mass is 10.2. The Morgan fingerprint density at radius 1 is 1.07 bits per heavy atom. The molecule has 0 bridgehead atoms. The number of anilines is 1. The third-order valence-corrected chi connectivity index (χ3v) is 5.73. The molecule has 5 nitrogen and oxygen atoms in total. The van der Waals surface area contributed by atoms with Crippen molar-refractivity contribution in [2.24, 2.45) is 0 Å². The molecule has 1 amide bonds. The first-order valence-corrected chi connectivity index (χ1v) is 10.4. The monoisotopic (exact) mass is 434 g/mol. The molecule has 0 spiro atoms. The van der Waals surface area contributed by atoms with E-state index >= 15 is 0 Å². The van der Waals surface area contributed by atoms with E-state index in [-0.39, 0.29) is 5.91 Å². The van der Waals surface area contributed by atoms with Crippen LogP contribution in [0.3, 0.4) is 0 Å². The van der Waals surface area contributed by atoms with E-state index in [1.54, 1.807) is 25.4 Å². The summed E-state index contributed by atoms with van der Waals surface area (Å²) in [5.74, 6) is 1.24. The van der Waals surface area contributed by atoms with Crippen molar-refractivity contribution in [2.75, 3.05) is 12.0 Å². The van der Waals surface area contributed by atoms with E-state index in [0.717, 1.165) is 17.0 Å². The van der Waals surface area contributed by atoms with Crippen LogP contribution in [0.5, 0.6) is 11.5 Å². The number of hydrogen-bond acceptors (Lipinski definition) is 6. The fourth-order valence-electron chi connectivity index (χ4n) is 2.93. The van der Waals surface area contributed by atoms with E-state index in [4.69, 9.17) is 21.7 Å². The summed E-state index contributed by atoms with van der Waals surface area (Å²) in [6.45, 7) is 0.346. The maximum absolute atomic E-state index is 13.0. The molecule has 7 heteroatoms. The normalized spacial score (nSPS) is 15.0. The zero-order valence-corrected chi connectivity index (χ0v) is 17.8. The number of methoxy groups -OCH3 is 1. The van der Waals surface area contributed by atoms with E-state index in [1.165, 1.54) is 16.7 Å². The van der Waals surface area contributed by atoms with Crippen LogP contribution in [-0.2, 0) is 11.4 Å². The molecular formula is C23H18N2O3S2. The van der Waals surface area contributed by atoms with Crippen molar-refractivity contribution < 1.29 is 14.3 Å². The Bertz CT molecular complexity index is 1100. The van der Waals surface area contributed by atoms with E-state index in [9.17, 15) is 4.79 Å². The average Bonchev–Trinajstić information content (AvgIpc) is 3.06. The minimum atomic E-state index is -0.158. The van der Waals surface area contributed by atoms with Gasteiger partial charge in [-0.15, -0.1) is 0 Å². The summed E-state index contributed by atoms with van der Waals surface area (Å²) in [7, 11) is 1.60. The lowest BCUT2D eigenvalue weighted by Crippen LogP contribution is -2.27. The first kappa shape index (κ1) is 20.1. The molecular weight excluding hydrogens is 416 g/mol. The van der Waals surface area contributed by atoms with E-state index < -0.39 is 0 Å². The molecule has 0 N–H and O–H groups in total. The molecule has 1 aliphatic heterocycles. The van der Waals surface area contributed by atoms with Crippen LogP contribution in [0, 0.1) is 0 Å². The zero-order chi connectivity index (χ0) is 20.9. The van der Waals surface area contributed by atoms with Crippen molar-refractivity contribution >= 4 is 46.0 Å². The van der Waals surface area contributed by atoms with Crippen molar-refractivity contribution in [3.8, 4) is 11.5 Å². The van der Waals surface area contributed by atoms with Crippen LogP contribution in [-0.4, -0.2) is 22.3 Å². The van der Waals surface area contributed by atoms with Gasteiger partial charge in [-0.05, 0) is 48.5 Å². The minimum absolute atomic E-state index is 0.158. The van der Waals surface area contributed by atoms with Gasteiger partial charge in [-0.2, -0.15) is 0 Å². The highest BCUT2D eigenvalue weighted by Gasteiger charge is 2.33. The summed E-state index contributed by atoms with van der Waals surface area (Å²) in [6.07, 6.45) is 3.55.